The van der Waals surface area contributed by atoms with Crippen LogP contribution in [0.15, 0.2) is 12.2 Å². The summed E-state index contributed by atoms with van der Waals surface area (Å²) in [5.41, 5.74) is 1.22. The summed E-state index contributed by atoms with van der Waals surface area (Å²) >= 11 is 4.23. The van der Waals surface area contributed by atoms with Crippen molar-refractivity contribution < 1.29 is 0 Å². The summed E-state index contributed by atoms with van der Waals surface area (Å²) < 4.78 is 0. The Hall–Kier alpha value is 0.01000. The van der Waals surface area contributed by atoms with Crippen molar-refractivity contribution in [3.8, 4) is 0 Å². The average molecular weight is 214 g/mol. The van der Waals surface area contributed by atoms with Crippen LogP contribution in [0.4, 0.5) is 0 Å². The van der Waals surface area contributed by atoms with Crippen LogP contribution in [0.2, 0.25) is 0 Å². The maximum absolute atomic E-state index is 4.23. The van der Waals surface area contributed by atoms with Crippen molar-refractivity contribution >= 4 is 12.6 Å². The molecule has 1 heterocycles. The lowest BCUT2D eigenvalue weighted by molar-refractivity contribution is 0.153. The van der Waals surface area contributed by atoms with Crippen LogP contribution in [0.3, 0.4) is 0 Å². The molecule has 0 spiro atoms. The first kappa shape index (κ1) is 12.1. The number of nitrogens with zero attached hydrogens (tertiary/aromatic N) is 2. The Morgan fingerprint density at radius 3 is 2.57 bits per heavy atom. The molecule has 1 fully saturated rings. The number of likely N-dealkylation sites (N-methyl/N-ethyl adjacent to an activating group) is 1. The average Bonchev–Trinajstić information content (AvgIpc) is 2.18. The summed E-state index contributed by atoms with van der Waals surface area (Å²) in [6, 6.07) is 0.739. The van der Waals surface area contributed by atoms with Crippen molar-refractivity contribution in [1.29, 1.82) is 0 Å². The fraction of sp³-hybridized carbons (Fsp3) is 0.818. The van der Waals surface area contributed by atoms with Crippen LogP contribution in [0.25, 0.3) is 0 Å². The van der Waals surface area contributed by atoms with Crippen molar-refractivity contribution in [3.63, 3.8) is 0 Å². The number of hydrogen-bond donors (Lipinski definition) is 1. The number of hydrogen-bond acceptors (Lipinski definition) is 3. The van der Waals surface area contributed by atoms with Crippen molar-refractivity contribution in [2.45, 2.75) is 18.9 Å². The molecule has 0 amide bonds. The van der Waals surface area contributed by atoms with Gasteiger partial charge in [0.1, 0.15) is 0 Å². The Kier molecular flexibility index (Phi) is 4.99. The molecule has 0 N–H and O–H groups in total. The predicted molar refractivity (Wildman–Crippen MR) is 66.1 cm³/mol. The fourth-order valence-corrected chi connectivity index (χ4v) is 2.07. The first-order valence-corrected chi connectivity index (χ1v) is 5.93. The van der Waals surface area contributed by atoms with Gasteiger partial charge in [-0.15, -0.1) is 0 Å². The summed E-state index contributed by atoms with van der Waals surface area (Å²) in [5, 5.41) is 0. The summed E-state index contributed by atoms with van der Waals surface area (Å²) in [7, 11) is 4.40. The van der Waals surface area contributed by atoms with Gasteiger partial charge < -0.3 is 4.90 Å². The summed E-state index contributed by atoms with van der Waals surface area (Å²) in [4.78, 5) is 4.82. The maximum atomic E-state index is 4.23. The molecular formula is C11H22N2S. The predicted octanol–water partition coefficient (Wildman–Crippen LogP) is 1.50. The van der Waals surface area contributed by atoms with Crippen LogP contribution in [0.5, 0.6) is 0 Å². The number of rotatable bonds is 4. The highest BCUT2D eigenvalue weighted by Crippen LogP contribution is 2.14. The van der Waals surface area contributed by atoms with Crippen LogP contribution in [-0.2, 0) is 0 Å². The van der Waals surface area contributed by atoms with E-state index in [0.717, 1.165) is 18.3 Å². The van der Waals surface area contributed by atoms with Gasteiger partial charge in [0.25, 0.3) is 0 Å². The van der Waals surface area contributed by atoms with Gasteiger partial charge in [-0.3, -0.25) is 4.90 Å². The maximum Gasteiger partial charge on any atom is 0.0198 e. The Balaban J connectivity index is 2.30. The molecule has 82 valence electrons. The van der Waals surface area contributed by atoms with E-state index in [-0.39, 0.29) is 0 Å². The van der Waals surface area contributed by atoms with Gasteiger partial charge in [-0.05, 0) is 40.0 Å². The normalized spacial score (nSPS) is 20.3. The Bertz CT molecular complexity index is 186. The standard InChI is InChI=1S/C11H22N2S/c1-10(9-14)8-13(3)11-4-6-12(2)7-5-11/h11,14H,1,4-9H2,2-3H3. The number of piperidine rings is 1. The molecule has 0 aromatic heterocycles. The minimum atomic E-state index is 0.739. The smallest absolute Gasteiger partial charge is 0.0198 e. The molecule has 3 heteroatoms. The molecule has 1 aliphatic rings. The van der Waals surface area contributed by atoms with Crippen molar-refractivity contribution in [1.82, 2.24) is 9.80 Å². The Labute approximate surface area is 93.4 Å². The molecule has 0 saturated carbocycles. The fourth-order valence-electron chi connectivity index (χ4n) is 1.97. The lowest BCUT2D eigenvalue weighted by atomic mass is 10.0. The zero-order valence-corrected chi connectivity index (χ0v) is 10.3. The van der Waals surface area contributed by atoms with E-state index >= 15 is 0 Å². The highest BCUT2D eigenvalue weighted by Gasteiger charge is 2.20. The van der Waals surface area contributed by atoms with Gasteiger partial charge in [-0.25, -0.2) is 0 Å². The first-order valence-electron chi connectivity index (χ1n) is 5.29. The highest BCUT2D eigenvalue weighted by molar-refractivity contribution is 7.80. The van der Waals surface area contributed by atoms with Crippen molar-refractivity contribution in [3.05, 3.63) is 12.2 Å². The van der Waals surface area contributed by atoms with Gasteiger partial charge >= 0.3 is 0 Å². The van der Waals surface area contributed by atoms with Crippen molar-refractivity contribution in [2.75, 3.05) is 39.5 Å². The molecule has 1 rings (SSSR count). The van der Waals surface area contributed by atoms with Gasteiger partial charge in [0.2, 0.25) is 0 Å². The second kappa shape index (κ2) is 5.79. The van der Waals surface area contributed by atoms with Gasteiger partial charge in [-0.1, -0.05) is 12.2 Å². The van der Waals surface area contributed by atoms with Gasteiger partial charge in [0.05, 0.1) is 0 Å². The molecule has 1 aliphatic heterocycles. The lowest BCUT2D eigenvalue weighted by Gasteiger charge is -2.35. The monoisotopic (exact) mass is 214 g/mol. The van der Waals surface area contributed by atoms with E-state index in [1.807, 2.05) is 0 Å². The molecule has 0 atom stereocenters. The number of thiol groups is 1. The van der Waals surface area contributed by atoms with Crippen LogP contribution in [0, 0.1) is 0 Å². The van der Waals surface area contributed by atoms with Crippen LogP contribution in [-0.4, -0.2) is 55.3 Å². The molecular weight excluding hydrogens is 192 g/mol. The molecule has 1 saturated heterocycles. The molecule has 0 unspecified atom stereocenters. The van der Waals surface area contributed by atoms with Crippen LogP contribution in [0.1, 0.15) is 12.8 Å². The second-order valence-corrected chi connectivity index (χ2v) is 4.67. The van der Waals surface area contributed by atoms with Gasteiger partial charge in [-0.2, -0.15) is 12.6 Å². The molecule has 0 aromatic carbocycles. The summed E-state index contributed by atoms with van der Waals surface area (Å²) in [6.45, 7) is 7.44. The van der Waals surface area contributed by atoms with Gasteiger partial charge in [0.15, 0.2) is 0 Å². The minimum Gasteiger partial charge on any atom is -0.306 e. The second-order valence-electron chi connectivity index (χ2n) is 4.36. The first-order chi connectivity index (χ1) is 6.63. The lowest BCUT2D eigenvalue weighted by Crippen LogP contribution is -2.42. The molecule has 0 bridgehead atoms. The molecule has 2 nitrogen and oxygen atoms in total. The van der Waals surface area contributed by atoms with E-state index in [9.17, 15) is 0 Å². The van der Waals surface area contributed by atoms with E-state index in [1.54, 1.807) is 0 Å². The zero-order chi connectivity index (χ0) is 10.6. The topological polar surface area (TPSA) is 6.48 Å². The van der Waals surface area contributed by atoms with E-state index < -0.39 is 0 Å². The van der Waals surface area contributed by atoms with Crippen LogP contribution < -0.4 is 0 Å². The molecule has 0 aliphatic carbocycles. The summed E-state index contributed by atoms with van der Waals surface area (Å²) in [5.74, 6) is 0.803. The third-order valence-corrected chi connectivity index (χ3v) is 3.46. The van der Waals surface area contributed by atoms with Crippen LogP contribution >= 0.6 is 12.6 Å². The molecule has 0 aromatic rings. The quantitative estimate of drug-likeness (QED) is 0.560. The Morgan fingerprint density at radius 2 is 2.07 bits per heavy atom. The molecule has 0 radical (unpaired) electrons. The van der Waals surface area contributed by atoms with E-state index in [1.165, 1.54) is 31.5 Å². The SMILES string of the molecule is C=C(CS)CN(C)C1CCN(C)CC1. The highest BCUT2D eigenvalue weighted by atomic mass is 32.1. The van der Waals surface area contributed by atoms with E-state index in [2.05, 4.69) is 43.1 Å². The third-order valence-electron chi connectivity index (χ3n) is 3.01. The van der Waals surface area contributed by atoms with E-state index in [4.69, 9.17) is 0 Å². The summed E-state index contributed by atoms with van der Waals surface area (Å²) in [6.07, 6.45) is 2.57. The van der Waals surface area contributed by atoms with E-state index in [0.29, 0.717) is 0 Å². The minimum absolute atomic E-state index is 0.739. The Morgan fingerprint density at radius 1 is 1.50 bits per heavy atom. The third kappa shape index (κ3) is 3.64. The largest absolute Gasteiger partial charge is 0.306 e. The molecule has 14 heavy (non-hydrogen) atoms. The number of likely N-dealkylation sites (tertiary alicyclic amines) is 1. The van der Waals surface area contributed by atoms with Gasteiger partial charge in [0, 0.05) is 18.3 Å². The van der Waals surface area contributed by atoms with Crippen molar-refractivity contribution in [2.24, 2.45) is 0 Å². The zero-order valence-electron chi connectivity index (χ0n) is 9.37.